The molecule has 1 aliphatic heterocycles. The first-order valence-corrected chi connectivity index (χ1v) is 7.07. The predicted octanol–water partition coefficient (Wildman–Crippen LogP) is 2.91. The standard InChI is InChI=1S/C16H15ClN2O2/c17-13-4-2-1-3-12(13)14(18)9-21-11-5-6-15-10(7-11)8-16(20)19-15/h1-7,14H,8-9,18H2,(H,19,20)/t14-/m0/s1. The number of carbonyl (C=O) groups excluding carboxylic acids is 1. The molecular weight excluding hydrogens is 288 g/mol. The number of hydrogen-bond acceptors (Lipinski definition) is 3. The van der Waals surface area contributed by atoms with Gasteiger partial charge in [-0.05, 0) is 35.4 Å². The lowest BCUT2D eigenvalue weighted by molar-refractivity contribution is -0.115. The zero-order valence-corrected chi connectivity index (χ0v) is 12.1. The Labute approximate surface area is 127 Å². The van der Waals surface area contributed by atoms with Crippen LogP contribution in [0.2, 0.25) is 5.02 Å². The summed E-state index contributed by atoms with van der Waals surface area (Å²) in [7, 11) is 0. The molecule has 0 bridgehead atoms. The van der Waals surface area contributed by atoms with Gasteiger partial charge in [0.15, 0.2) is 0 Å². The Morgan fingerprint density at radius 3 is 2.90 bits per heavy atom. The lowest BCUT2D eigenvalue weighted by Crippen LogP contribution is -2.19. The molecule has 1 amide bonds. The summed E-state index contributed by atoms with van der Waals surface area (Å²) in [4.78, 5) is 11.3. The Morgan fingerprint density at radius 1 is 1.29 bits per heavy atom. The minimum Gasteiger partial charge on any atom is -0.492 e. The maximum atomic E-state index is 11.3. The van der Waals surface area contributed by atoms with E-state index < -0.39 is 0 Å². The molecule has 108 valence electrons. The van der Waals surface area contributed by atoms with Gasteiger partial charge in [-0.2, -0.15) is 0 Å². The third-order valence-corrected chi connectivity index (χ3v) is 3.78. The predicted molar refractivity (Wildman–Crippen MR) is 82.7 cm³/mol. The van der Waals surface area contributed by atoms with Gasteiger partial charge in [0.05, 0.1) is 12.5 Å². The van der Waals surface area contributed by atoms with Gasteiger partial charge >= 0.3 is 0 Å². The number of benzene rings is 2. The number of rotatable bonds is 4. The van der Waals surface area contributed by atoms with E-state index in [1.54, 1.807) is 0 Å². The summed E-state index contributed by atoms with van der Waals surface area (Å²) < 4.78 is 5.71. The van der Waals surface area contributed by atoms with E-state index in [0.717, 1.165) is 16.8 Å². The highest BCUT2D eigenvalue weighted by atomic mass is 35.5. The van der Waals surface area contributed by atoms with Gasteiger partial charge < -0.3 is 15.8 Å². The van der Waals surface area contributed by atoms with Crippen LogP contribution in [0, 0.1) is 0 Å². The fourth-order valence-electron chi connectivity index (χ4n) is 2.35. The summed E-state index contributed by atoms with van der Waals surface area (Å²) in [6, 6.07) is 12.7. The second kappa shape index (κ2) is 5.76. The number of fused-ring (bicyclic) bond motifs is 1. The maximum absolute atomic E-state index is 11.3. The zero-order valence-electron chi connectivity index (χ0n) is 11.3. The lowest BCUT2D eigenvalue weighted by Gasteiger charge is -2.15. The largest absolute Gasteiger partial charge is 0.492 e. The summed E-state index contributed by atoms with van der Waals surface area (Å²) in [6.45, 7) is 0.323. The second-order valence-corrected chi connectivity index (χ2v) is 5.39. The SMILES string of the molecule is N[C@@H](COc1ccc2c(c1)CC(=O)N2)c1ccccc1Cl. The van der Waals surface area contributed by atoms with Crippen molar-refractivity contribution in [2.45, 2.75) is 12.5 Å². The minimum atomic E-state index is -0.299. The molecule has 0 unspecified atom stereocenters. The first-order chi connectivity index (χ1) is 10.1. The van der Waals surface area contributed by atoms with Crippen molar-refractivity contribution in [1.82, 2.24) is 0 Å². The smallest absolute Gasteiger partial charge is 0.228 e. The van der Waals surface area contributed by atoms with Gasteiger partial charge in [0.1, 0.15) is 12.4 Å². The molecule has 2 aromatic rings. The normalized spacial score (nSPS) is 14.5. The van der Waals surface area contributed by atoms with Crippen LogP contribution in [0.3, 0.4) is 0 Å². The molecule has 0 saturated heterocycles. The van der Waals surface area contributed by atoms with E-state index >= 15 is 0 Å². The highest BCUT2D eigenvalue weighted by Crippen LogP contribution is 2.28. The molecule has 21 heavy (non-hydrogen) atoms. The molecule has 2 aromatic carbocycles. The van der Waals surface area contributed by atoms with Crippen LogP contribution in [0.15, 0.2) is 42.5 Å². The van der Waals surface area contributed by atoms with Crippen LogP contribution in [-0.2, 0) is 11.2 Å². The van der Waals surface area contributed by atoms with Crippen molar-refractivity contribution in [3.8, 4) is 5.75 Å². The third kappa shape index (κ3) is 3.01. The van der Waals surface area contributed by atoms with Crippen molar-refractivity contribution >= 4 is 23.2 Å². The van der Waals surface area contributed by atoms with Gasteiger partial charge in [0.2, 0.25) is 5.91 Å². The molecule has 4 nitrogen and oxygen atoms in total. The molecule has 0 aliphatic carbocycles. The number of halogens is 1. The van der Waals surface area contributed by atoms with Crippen LogP contribution in [-0.4, -0.2) is 12.5 Å². The van der Waals surface area contributed by atoms with Crippen LogP contribution in [0.1, 0.15) is 17.2 Å². The van der Waals surface area contributed by atoms with Crippen LogP contribution in [0.25, 0.3) is 0 Å². The molecular formula is C16H15ClN2O2. The average Bonchev–Trinajstić information content (AvgIpc) is 2.84. The Kier molecular flexibility index (Phi) is 3.82. The van der Waals surface area contributed by atoms with Crippen LogP contribution < -0.4 is 15.8 Å². The fraction of sp³-hybridized carbons (Fsp3) is 0.188. The molecule has 1 heterocycles. The van der Waals surface area contributed by atoms with Crippen molar-refractivity contribution in [2.24, 2.45) is 5.73 Å². The highest BCUT2D eigenvalue weighted by molar-refractivity contribution is 6.31. The van der Waals surface area contributed by atoms with E-state index in [2.05, 4.69) is 5.32 Å². The molecule has 0 radical (unpaired) electrons. The quantitative estimate of drug-likeness (QED) is 0.912. The van der Waals surface area contributed by atoms with E-state index in [9.17, 15) is 4.79 Å². The molecule has 0 aromatic heterocycles. The molecule has 0 saturated carbocycles. The number of nitrogens with two attached hydrogens (primary N) is 1. The molecule has 1 aliphatic rings. The van der Waals surface area contributed by atoms with Crippen LogP contribution >= 0.6 is 11.6 Å². The summed E-state index contributed by atoms with van der Waals surface area (Å²) in [5, 5.41) is 3.42. The van der Waals surface area contributed by atoms with E-state index in [-0.39, 0.29) is 11.9 Å². The Balaban J connectivity index is 1.67. The van der Waals surface area contributed by atoms with E-state index in [1.807, 2.05) is 42.5 Å². The zero-order chi connectivity index (χ0) is 14.8. The van der Waals surface area contributed by atoms with Gasteiger partial charge in [-0.1, -0.05) is 29.8 Å². The van der Waals surface area contributed by atoms with E-state index in [1.165, 1.54) is 0 Å². The second-order valence-electron chi connectivity index (χ2n) is 4.98. The number of hydrogen-bond donors (Lipinski definition) is 2. The maximum Gasteiger partial charge on any atom is 0.228 e. The van der Waals surface area contributed by atoms with E-state index in [0.29, 0.717) is 23.8 Å². The van der Waals surface area contributed by atoms with Crippen molar-refractivity contribution in [1.29, 1.82) is 0 Å². The highest BCUT2D eigenvalue weighted by Gasteiger charge is 2.18. The van der Waals surface area contributed by atoms with Gasteiger partial charge in [-0.3, -0.25) is 4.79 Å². The Morgan fingerprint density at radius 2 is 2.10 bits per heavy atom. The van der Waals surface area contributed by atoms with Crippen molar-refractivity contribution in [3.63, 3.8) is 0 Å². The summed E-state index contributed by atoms with van der Waals surface area (Å²) in [5.74, 6) is 0.711. The minimum absolute atomic E-state index is 0.00918. The first-order valence-electron chi connectivity index (χ1n) is 6.69. The number of nitrogens with one attached hydrogen (secondary N) is 1. The topological polar surface area (TPSA) is 64.3 Å². The lowest BCUT2D eigenvalue weighted by atomic mass is 10.1. The fourth-order valence-corrected chi connectivity index (χ4v) is 2.62. The molecule has 0 fully saturated rings. The summed E-state index contributed by atoms with van der Waals surface area (Å²) >= 11 is 6.11. The van der Waals surface area contributed by atoms with Gasteiger partial charge in [0.25, 0.3) is 0 Å². The van der Waals surface area contributed by atoms with Gasteiger partial charge in [-0.15, -0.1) is 0 Å². The average molecular weight is 303 g/mol. The van der Waals surface area contributed by atoms with Crippen LogP contribution in [0.4, 0.5) is 5.69 Å². The third-order valence-electron chi connectivity index (χ3n) is 3.44. The molecule has 1 atom stereocenters. The molecule has 3 rings (SSSR count). The van der Waals surface area contributed by atoms with Crippen molar-refractivity contribution < 1.29 is 9.53 Å². The summed E-state index contributed by atoms with van der Waals surface area (Å²) in [6.07, 6.45) is 0.392. The molecule has 5 heteroatoms. The number of amides is 1. The Bertz CT molecular complexity index is 688. The Hall–Kier alpha value is -2.04. The molecule has 0 spiro atoms. The van der Waals surface area contributed by atoms with Crippen molar-refractivity contribution in [2.75, 3.05) is 11.9 Å². The summed E-state index contributed by atoms with van der Waals surface area (Å²) in [5.41, 5.74) is 8.76. The monoisotopic (exact) mass is 302 g/mol. The number of anilines is 1. The van der Waals surface area contributed by atoms with Gasteiger partial charge in [0, 0.05) is 10.7 Å². The van der Waals surface area contributed by atoms with Gasteiger partial charge in [-0.25, -0.2) is 0 Å². The first kappa shape index (κ1) is 13.9. The van der Waals surface area contributed by atoms with Crippen molar-refractivity contribution in [3.05, 3.63) is 58.6 Å². The van der Waals surface area contributed by atoms with E-state index in [4.69, 9.17) is 22.1 Å². The number of ether oxygens (including phenoxy) is 1. The van der Waals surface area contributed by atoms with Crippen LogP contribution in [0.5, 0.6) is 5.75 Å². The molecule has 3 N–H and O–H groups in total. The number of carbonyl (C=O) groups is 1.